The van der Waals surface area contributed by atoms with Gasteiger partial charge < -0.3 is 25.0 Å². The minimum absolute atomic E-state index is 0.103. The highest BCUT2D eigenvalue weighted by molar-refractivity contribution is 5.80. The van der Waals surface area contributed by atoms with Gasteiger partial charge in [-0.3, -0.25) is 0 Å². The van der Waals surface area contributed by atoms with Gasteiger partial charge >= 0.3 is 12.1 Å². The van der Waals surface area contributed by atoms with E-state index in [2.05, 4.69) is 10.6 Å². The predicted molar refractivity (Wildman–Crippen MR) is 151 cm³/mol. The van der Waals surface area contributed by atoms with Gasteiger partial charge in [0.2, 0.25) is 0 Å². The van der Waals surface area contributed by atoms with Gasteiger partial charge in [0.25, 0.3) is 0 Å². The molecule has 0 unspecified atom stereocenters. The van der Waals surface area contributed by atoms with E-state index in [-0.39, 0.29) is 30.0 Å². The fraction of sp³-hybridized carbons (Fsp3) is 0.419. The van der Waals surface area contributed by atoms with Crippen molar-refractivity contribution in [1.82, 2.24) is 15.2 Å². The lowest BCUT2D eigenvalue weighted by atomic mass is 9.84. The van der Waals surface area contributed by atoms with Gasteiger partial charge in [-0.05, 0) is 69.0 Å². The second kappa shape index (κ2) is 12.6. The standard InChI is InChI=1S/C31H39F2N3O4/c1-30(2,3)27(34-15-14-25(28(37)38)35-29(39)40-31(4,5)6)26-16-21(23-17-22(32)12-13-24(23)33)19-36(26)18-20-10-8-7-9-11-20/h7-13,16-17,19,25,27,34H,14-15,18H2,1-6H3,(H,35,39)(H,37,38)/t25-,27-/m0/s1. The maximum atomic E-state index is 14.7. The van der Waals surface area contributed by atoms with Crippen LogP contribution in [-0.4, -0.2) is 39.9 Å². The first-order valence-electron chi connectivity index (χ1n) is 13.3. The molecule has 0 aliphatic heterocycles. The van der Waals surface area contributed by atoms with Gasteiger partial charge in [0.15, 0.2) is 0 Å². The molecule has 2 aromatic carbocycles. The van der Waals surface area contributed by atoms with Crippen LogP contribution in [-0.2, 0) is 16.1 Å². The van der Waals surface area contributed by atoms with E-state index in [0.29, 0.717) is 12.1 Å². The molecule has 9 heteroatoms. The zero-order valence-electron chi connectivity index (χ0n) is 23.9. The largest absolute Gasteiger partial charge is 0.480 e. The fourth-order valence-electron chi connectivity index (χ4n) is 4.49. The molecule has 2 atom stereocenters. The summed E-state index contributed by atoms with van der Waals surface area (Å²) in [6.07, 6.45) is 1.11. The summed E-state index contributed by atoms with van der Waals surface area (Å²) in [6, 6.07) is 13.6. The molecule has 0 fully saturated rings. The summed E-state index contributed by atoms with van der Waals surface area (Å²) in [6.45, 7) is 12.0. The Morgan fingerprint density at radius 1 is 1.00 bits per heavy atom. The molecule has 1 heterocycles. The van der Waals surface area contributed by atoms with Crippen molar-refractivity contribution in [3.8, 4) is 11.1 Å². The van der Waals surface area contributed by atoms with Gasteiger partial charge in [0.05, 0.1) is 6.04 Å². The molecule has 0 radical (unpaired) electrons. The summed E-state index contributed by atoms with van der Waals surface area (Å²) < 4.78 is 36.0. The summed E-state index contributed by atoms with van der Waals surface area (Å²) in [5.41, 5.74) is 1.46. The number of carboxylic acid groups (broad SMARTS) is 1. The molecule has 216 valence electrons. The third kappa shape index (κ3) is 8.64. The van der Waals surface area contributed by atoms with Crippen LogP contribution in [0, 0.1) is 17.0 Å². The molecular formula is C31H39F2N3O4. The lowest BCUT2D eigenvalue weighted by Crippen LogP contribution is -2.45. The number of hydrogen-bond acceptors (Lipinski definition) is 4. The first kappa shape index (κ1) is 30.8. The van der Waals surface area contributed by atoms with Crippen LogP contribution < -0.4 is 10.6 Å². The number of ether oxygens (including phenoxy) is 1. The Balaban J connectivity index is 1.91. The molecule has 0 aliphatic rings. The maximum Gasteiger partial charge on any atom is 0.408 e. The maximum absolute atomic E-state index is 14.7. The molecule has 1 aromatic heterocycles. The highest BCUT2D eigenvalue weighted by atomic mass is 19.1. The third-order valence-electron chi connectivity index (χ3n) is 6.30. The highest BCUT2D eigenvalue weighted by Gasteiger charge is 2.31. The van der Waals surface area contributed by atoms with Crippen molar-refractivity contribution in [3.63, 3.8) is 0 Å². The molecule has 40 heavy (non-hydrogen) atoms. The van der Waals surface area contributed by atoms with Crippen LogP contribution in [0.3, 0.4) is 0 Å². The molecule has 3 rings (SSSR count). The second-order valence-corrected chi connectivity index (χ2v) is 12.0. The zero-order valence-corrected chi connectivity index (χ0v) is 23.9. The molecule has 0 bridgehead atoms. The molecule has 0 spiro atoms. The Morgan fingerprint density at radius 3 is 2.27 bits per heavy atom. The summed E-state index contributed by atoms with van der Waals surface area (Å²) in [5, 5.41) is 15.6. The SMILES string of the molecule is CC(C)(C)OC(=O)N[C@@H](CCN[C@@H](c1cc(-c2cc(F)ccc2F)cn1Cc1ccccc1)C(C)(C)C)C(=O)O. The van der Waals surface area contributed by atoms with Crippen molar-refractivity contribution in [1.29, 1.82) is 0 Å². The van der Waals surface area contributed by atoms with Crippen LogP contribution in [0.25, 0.3) is 11.1 Å². The second-order valence-electron chi connectivity index (χ2n) is 12.0. The normalized spacial score (nSPS) is 13.5. The first-order chi connectivity index (χ1) is 18.6. The monoisotopic (exact) mass is 555 g/mol. The number of nitrogens with zero attached hydrogens (tertiary/aromatic N) is 1. The summed E-state index contributed by atoms with van der Waals surface area (Å²) in [5.74, 6) is -2.23. The number of hydrogen-bond donors (Lipinski definition) is 3. The van der Waals surface area contributed by atoms with E-state index in [1.165, 1.54) is 6.07 Å². The fourth-order valence-corrected chi connectivity index (χ4v) is 4.49. The number of benzene rings is 2. The van der Waals surface area contributed by atoms with Crippen molar-refractivity contribution < 1.29 is 28.2 Å². The minimum Gasteiger partial charge on any atom is -0.480 e. The Labute approximate surface area is 234 Å². The Bertz CT molecular complexity index is 1310. The molecular weight excluding hydrogens is 516 g/mol. The average molecular weight is 556 g/mol. The number of amides is 1. The Morgan fingerprint density at radius 2 is 1.68 bits per heavy atom. The quantitative estimate of drug-likeness (QED) is 0.265. The van der Waals surface area contributed by atoms with Crippen LogP contribution in [0.15, 0.2) is 60.8 Å². The highest BCUT2D eigenvalue weighted by Crippen LogP contribution is 2.37. The smallest absolute Gasteiger partial charge is 0.408 e. The number of rotatable bonds is 10. The lowest BCUT2D eigenvalue weighted by molar-refractivity contribution is -0.139. The van der Waals surface area contributed by atoms with Gasteiger partial charge in [0, 0.05) is 29.6 Å². The average Bonchev–Trinajstić information content (AvgIpc) is 3.23. The van der Waals surface area contributed by atoms with E-state index < -0.39 is 35.3 Å². The Kier molecular flexibility index (Phi) is 9.73. The summed E-state index contributed by atoms with van der Waals surface area (Å²) >= 11 is 0. The molecule has 3 N–H and O–H groups in total. The lowest BCUT2D eigenvalue weighted by Gasteiger charge is -2.33. The van der Waals surface area contributed by atoms with Gasteiger partial charge in [-0.1, -0.05) is 51.1 Å². The number of nitrogens with one attached hydrogen (secondary N) is 2. The number of alkyl carbamates (subject to hydrolysis) is 1. The van der Waals surface area contributed by atoms with Gasteiger partial charge in [0.1, 0.15) is 23.3 Å². The van der Waals surface area contributed by atoms with Crippen LogP contribution in [0.5, 0.6) is 0 Å². The summed E-state index contributed by atoms with van der Waals surface area (Å²) in [4.78, 5) is 24.0. The van der Waals surface area contributed by atoms with Gasteiger partial charge in [-0.2, -0.15) is 0 Å². The van der Waals surface area contributed by atoms with Gasteiger partial charge in [-0.15, -0.1) is 0 Å². The number of aromatic nitrogens is 1. The molecule has 3 aromatic rings. The molecule has 0 saturated carbocycles. The summed E-state index contributed by atoms with van der Waals surface area (Å²) in [7, 11) is 0. The van der Waals surface area contributed by atoms with Crippen LogP contribution >= 0.6 is 0 Å². The van der Waals surface area contributed by atoms with Crippen molar-refractivity contribution in [2.24, 2.45) is 5.41 Å². The topological polar surface area (TPSA) is 92.6 Å². The van der Waals surface area contributed by atoms with Crippen LogP contribution in [0.4, 0.5) is 13.6 Å². The number of halogens is 2. The van der Waals surface area contributed by atoms with E-state index in [0.717, 1.165) is 23.4 Å². The van der Waals surface area contributed by atoms with Crippen molar-refractivity contribution >= 4 is 12.1 Å². The van der Waals surface area contributed by atoms with Crippen molar-refractivity contribution in [3.05, 3.63) is 83.7 Å². The van der Waals surface area contributed by atoms with E-state index in [1.807, 2.05) is 67.9 Å². The number of carboxylic acids is 1. The molecule has 0 saturated heterocycles. The molecule has 1 amide bonds. The van der Waals surface area contributed by atoms with Crippen molar-refractivity contribution in [2.75, 3.05) is 6.54 Å². The first-order valence-corrected chi connectivity index (χ1v) is 13.3. The van der Waals surface area contributed by atoms with Crippen LogP contribution in [0.1, 0.15) is 65.3 Å². The van der Waals surface area contributed by atoms with E-state index >= 15 is 0 Å². The number of carbonyl (C=O) groups is 2. The Hall–Kier alpha value is -3.72. The predicted octanol–water partition coefficient (Wildman–Crippen LogP) is 6.53. The number of carbonyl (C=O) groups excluding carboxylic acids is 1. The molecule has 7 nitrogen and oxygen atoms in total. The van der Waals surface area contributed by atoms with Gasteiger partial charge in [-0.25, -0.2) is 18.4 Å². The van der Waals surface area contributed by atoms with Crippen molar-refractivity contribution in [2.45, 2.75) is 72.2 Å². The van der Waals surface area contributed by atoms with E-state index in [1.54, 1.807) is 20.8 Å². The molecule has 0 aliphatic carbocycles. The third-order valence-corrected chi connectivity index (χ3v) is 6.30. The van der Waals surface area contributed by atoms with Crippen LogP contribution in [0.2, 0.25) is 0 Å². The minimum atomic E-state index is -1.17. The van der Waals surface area contributed by atoms with E-state index in [4.69, 9.17) is 4.74 Å². The zero-order chi connectivity index (χ0) is 29.7. The number of aliphatic carboxylic acids is 1. The van der Waals surface area contributed by atoms with E-state index in [9.17, 15) is 23.5 Å².